The van der Waals surface area contributed by atoms with Gasteiger partial charge < -0.3 is 5.73 Å². The Bertz CT molecular complexity index is 349. The maximum absolute atomic E-state index is 13.4. The number of halogens is 2. The topological polar surface area (TPSA) is 26.0 Å². The third-order valence-electron chi connectivity index (χ3n) is 2.99. The predicted molar refractivity (Wildman–Crippen MR) is 63.1 cm³/mol. The fourth-order valence-electron chi connectivity index (χ4n) is 1.81. The Balaban J connectivity index is 1.92. The van der Waals surface area contributed by atoms with Crippen molar-refractivity contribution in [3.8, 4) is 0 Å². The number of benzene rings is 1. The molecule has 15 heavy (non-hydrogen) atoms. The standard InChI is InChI=1S/C12H15BrFN/c13-10-5-3-8(11(14)7-10)4-6-12(15)9-1-2-9/h3,5,7,9,12H,1-2,4,6,15H2. The van der Waals surface area contributed by atoms with E-state index in [4.69, 9.17) is 5.73 Å². The van der Waals surface area contributed by atoms with E-state index in [2.05, 4.69) is 15.9 Å². The quantitative estimate of drug-likeness (QED) is 0.894. The van der Waals surface area contributed by atoms with Crippen LogP contribution in [0.2, 0.25) is 0 Å². The largest absolute Gasteiger partial charge is 0.327 e. The Morgan fingerprint density at radius 3 is 2.80 bits per heavy atom. The molecule has 1 saturated carbocycles. The van der Waals surface area contributed by atoms with Crippen molar-refractivity contribution in [2.45, 2.75) is 31.7 Å². The Kier molecular flexibility index (Phi) is 3.42. The number of aryl methyl sites for hydroxylation is 1. The first-order valence-electron chi connectivity index (χ1n) is 5.36. The minimum Gasteiger partial charge on any atom is -0.327 e. The summed E-state index contributed by atoms with van der Waals surface area (Å²) in [5, 5.41) is 0. The molecule has 0 heterocycles. The summed E-state index contributed by atoms with van der Waals surface area (Å²) in [4.78, 5) is 0. The second kappa shape index (κ2) is 4.62. The molecular formula is C12H15BrFN. The van der Waals surface area contributed by atoms with E-state index in [9.17, 15) is 4.39 Å². The van der Waals surface area contributed by atoms with Gasteiger partial charge in [0.15, 0.2) is 0 Å². The second-order valence-electron chi connectivity index (χ2n) is 4.28. The smallest absolute Gasteiger partial charge is 0.127 e. The number of hydrogen-bond donors (Lipinski definition) is 1. The van der Waals surface area contributed by atoms with E-state index in [1.807, 2.05) is 12.1 Å². The molecule has 2 rings (SSSR count). The minimum atomic E-state index is -0.132. The summed E-state index contributed by atoms with van der Waals surface area (Å²) in [6, 6.07) is 5.48. The maximum Gasteiger partial charge on any atom is 0.127 e. The lowest BCUT2D eigenvalue weighted by molar-refractivity contribution is 0.535. The third kappa shape index (κ3) is 3.02. The lowest BCUT2D eigenvalue weighted by atomic mass is 10.0. The summed E-state index contributed by atoms with van der Waals surface area (Å²) < 4.78 is 14.2. The molecule has 0 amide bonds. The van der Waals surface area contributed by atoms with Crippen LogP contribution >= 0.6 is 15.9 Å². The molecule has 1 aliphatic carbocycles. The lowest BCUT2D eigenvalue weighted by Crippen LogP contribution is -2.23. The first-order chi connectivity index (χ1) is 7.16. The van der Waals surface area contributed by atoms with Crippen molar-refractivity contribution >= 4 is 15.9 Å². The van der Waals surface area contributed by atoms with E-state index in [-0.39, 0.29) is 11.9 Å². The summed E-state index contributed by atoms with van der Waals surface area (Å²) in [6.07, 6.45) is 4.15. The molecule has 0 aromatic heterocycles. The van der Waals surface area contributed by atoms with Gasteiger partial charge in [0, 0.05) is 10.5 Å². The van der Waals surface area contributed by atoms with Gasteiger partial charge in [0.2, 0.25) is 0 Å². The fourth-order valence-corrected chi connectivity index (χ4v) is 2.14. The average molecular weight is 272 g/mol. The highest BCUT2D eigenvalue weighted by Gasteiger charge is 2.27. The van der Waals surface area contributed by atoms with Crippen LogP contribution in [0.5, 0.6) is 0 Å². The summed E-state index contributed by atoms with van der Waals surface area (Å²) >= 11 is 3.24. The van der Waals surface area contributed by atoms with Crippen molar-refractivity contribution in [1.82, 2.24) is 0 Å². The molecule has 1 nitrogen and oxygen atoms in total. The SMILES string of the molecule is NC(CCc1ccc(Br)cc1F)C1CC1. The zero-order valence-corrected chi connectivity index (χ0v) is 10.1. The molecule has 0 aliphatic heterocycles. The average Bonchev–Trinajstić information content (AvgIpc) is 2.99. The molecule has 0 radical (unpaired) electrons. The van der Waals surface area contributed by atoms with Crippen LogP contribution in [0, 0.1) is 11.7 Å². The van der Waals surface area contributed by atoms with E-state index in [1.165, 1.54) is 18.9 Å². The molecule has 1 aromatic carbocycles. The van der Waals surface area contributed by atoms with Gasteiger partial charge in [-0.15, -0.1) is 0 Å². The molecule has 82 valence electrons. The number of nitrogens with two attached hydrogens (primary N) is 1. The fraction of sp³-hybridized carbons (Fsp3) is 0.500. The Morgan fingerprint density at radius 1 is 1.47 bits per heavy atom. The van der Waals surface area contributed by atoms with E-state index < -0.39 is 0 Å². The van der Waals surface area contributed by atoms with Crippen LogP contribution in [0.25, 0.3) is 0 Å². The van der Waals surface area contributed by atoms with Crippen molar-refractivity contribution in [2.24, 2.45) is 11.7 Å². The number of rotatable bonds is 4. The van der Waals surface area contributed by atoms with Gasteiger partial charge in [-0.3, -0.25) is 0 Å². The molecule has 0 spiro atoms. The Morgan fingerprint density at radius 2 is 2.20 bits per heavy atom. The molecule has 1 aliphatic rings. The van der Waals surface area contributed by atoms with Gasteiger partial charge in [0.25, 0.3) is 0 Å². The Hall–Kier alpha value is -0.410. The molecule has 0 saturated heterocycles. The first-order valence-corrected chi connectivity index (χ1v) is 6.15. The van der Waals surface area contributed by atoms with Crippen molar-refractivity contribution in [1.29, 1.82) is 0 Å². The molecular weight excluding hydrogens is 257 g/mol. The normalized spacial score (nSPS) is 17.8. The van der Waals surface area contributed by atoms with Crippen molar-refractivity contribution in [3.63, 3.8) is 0 Å². The molecule has 1 unspecified atom stereocenters. The highest BCUT2D eigenvalue weighted by Crippen LogP contribution is 2.33. The molecule has 0 bridgehead atoms. The summed E-state index contributed by atoms with van der Waals surface area (Å²) in [5.41, 5.74) is 6.75. The van der Waals surface area contributed by atoms with Crippen LogP contribution in [-0.4, -0.2) is 6.04 Å². The maximum atomic E-state index is 13.4. The van der Waals surface area contributed by atoms with Gasteiger partial charge in [-0.1, -0.05) is 22.0 Å². The molecule has 1 aromatic rings. The third-order valence-corrected chi connectivity index (χ3v) is 3.48. The van der Waals surface area contributed by atoms with Gasteiger partial charge in [-0.2, -0.15) is 0 Å². The molecule has 2 N–H and O–H groups in total. The zero-order valence-electron chi connectivity index (χ0n) is 8.55. The van der Waals surface area contributed by atoms with Crippen molar-refractivity contribution in [3.05, 3.63) is 34.1 Å². The van der Waals surface area contributed by atoms with Crippen LogP contribution in [0.4, 0.5) is 4.39 Å². The number of hydrogen-bond acceptors (Lipinski definition) is 1. The van der Waals surface area contributed by atoms with E-state index in [1.54, 1.807) is 0 Å². The van der Waals surface area contributed by atoms with Crippen LogP contribution < -0.4 is 5.73 Å². The second-order valence-corrected chi connectivity index (χ2v) is 5.19. The first kappa shape index (κ1) is 11.1. The van der Waals surface area contributed by atoms with Gasteiger partial charge in [0.1, 0.15) is 5.82 Å². The highest BCUT2D eigenvalue weighted by molar-refractivity contribution is 9.10. The van der Waals surface area contributed by atoms with E-state index >= 15 is 0 Å². The molecule has 3 heteroatoms. The van der Waals surface area contributed by atoms with Crippen LogP contribution in [-0.2, 0) is 6.42 Å². The van der Waals surface area contributed by atoms with Gasteiger partial charge in [-0.05, 0) is 49.3 Å². The van der Waals surface area contributed by atoms with Gasteiger partial charge in [0.05, 0.1) is 0 Å². The van der Waals surface area contributed by atoms with Crippen LogP contribution in [0.3, 0.4) is 0 Å². The zero-order chi connectivity index (χ0) is 10.8. The summed E-state index contributed by atoms with van der Waals surface area (Å²) in [6.45, 7) is 0. The monoisotopic (exact) mass is 271 g/mol. The van der Waals surface area contributed by atoms with Gasteiger partial charge >= 0.3 is 0 Å². The van der Waals surface area contributed by atoms with Crippen molar-refractivity contribution in [2.75, 3.05) is 0 Å². The van der Waals surface area contributed by atoms with E-state index in [0.717, 1.165) is 22.9 Å². The van der Waals surface area contributed by atoms with Gasteiger partial charge in [-0.25, -0.2) is 4.39 Å². The predicted octanol–water partition coefficient (Wildman–Crippen LogP) is 3.26. The van der Waals surface area contributed by atoms with Crippen molar-refractivity contribution < 1.29 is 4.39 Å². The minimum absolute atomic E-state index is 0.132. The Labute approximate surface area is 98.0 Å². The van der Waals surface area contributed by atoms with Crippen LogP contribution in [0.1, 0.15) is 24.8 Å². The molecule has 1 atom stereocenters. The molecule has 1 fully saturated rings. The van der Waals surface area contributed by atoms with E-state index in [0.29, 0.717) is 5.92 Å². The summed E-state index contributed by atoms with van der Waals surface area (Å²) in [5.74, 6) is 0.566. The highest BCUT2D eigenvalue weighted by atomic mass is 79.9. The lowest BCUT2D eigenvalue weighted by Gasteiger charge is -2.10. The summed E-state index contributed by atoms with van der Waals surface area (Å²) in [7, 11) is 0. The van der Waals surface area contributed by atoms with Crippen LogP contribution in [0.15, 0.2) is 22.7 Å².